The molecule has 0 bridgehead atoms. The van der Waals surface area contributed by atoms with Crippen LogP contribution in [0.1, 0.15) is 70.4 Å². The Kier molecular flexibility index (Phi) is 8.10. The van der Waals surface area contributed by atoms with E-state index in [1.807, 2.05) is 6.92 Å². The second-order valence-electron chi connectivity index (χ2n) is 8.67. The number of nitrogens with zero attached hydrogens (tertiary/aromatic N) is 1. The first-order chi connectivity index (χ1) is 15.3. The van der Waals surface area contributed by atoms with Crippen LogP contribution in [0.4, 0.5) is 0 Å². The molecule has 1 fully saturated rings. The number of rotatable bonds is 8. The molecule has 2 unspecified atom stereocenters. The van der Waals surface area contributed by atoms with E-state index in [-0.39, 0.29) is 18.1 Å². The Hall–Kier alpha value is -2.64. The van der Waals surface area contributed by atoms with E-state index in [2.05, 4.69) is 53.3 Å². The Morgan fingerprint density at radius 3 is 2.38 bits per heavy atom. The number of benzene rings is 1. The van der Waals surface area contributed by atoms with Gasteiger partial charge in [0.25, 0.3) is 5.91 Å². The number of morpholine rings is 1. The first kappa shape index (κ1) is 24.0. The normalized spacial score (nSPS) is 19.0. The molecule has 2 atom stereocenters. The van der Waals surface area contributed by atoms with Gasteiger partial charge < -0.3 is 19.8 Å². The van der Waals surface area contributed by atoms with E-state index in [4.69, 9.17) is 9.47 Å². The predicted octanol–water partition coefficient (Wildman–Crippen LogP) is 3.60. The summed E-state index contributed by atoms with van der Waals surface area (Å²) in [4.78, 5) is 30.5. The van der Waals surface area contributed by atoms with Crippen molar-refractivity contribution in [2.75, 3.05) is 20.2 Å². The van der Waals surface area contributed by atoms with Crippen LogP contribution in [0.15, 0.2) is 24.3 Å². The Labute approximate surface area is 190 Å². The second kappa shape index (κ2) is 10.8. The summed E-state index contributed by atoms with van der Waals surface area (Å²) < 4.78 is 10.7. The van der Waals surface area contributed by atoms with Crippen molar-refractivity contribution in [3.8, 4) is 0 Å². The summed E-state index contributed by atoms with van der Waals surface area (Å²) in [5, 5.41) is 2.97. The van der Waals surface area contributed by atoms with Crippen LogP contribution in [-0.4, -0.2) is 54.2 Å². The zero-order chi connectivity index (χ0) is 23.3. The highest BCUT2D eigenvalue weighted by atomic mass is 16.5. The summed E-state index contributed by atoms with van der Waals surface area (Å²) in [6.07, 6.45) is 1.96. The van der Waals surface area contributed by atoms with Crippen molar-refractivity contribution >= 4 is 11.9 Å². The van der Waals surface area contributed by atoms with E-state index in [0.717, 1.165) is 37.2 Å². The maximum Gasteiger partial charge on any atom is 0.339 e. The van der Waals surface area contributed by atoms with Gasteiger partial charge in [-0.15, -0.1) is 0 Å². The summed E-state index contributed by atoms with van der Waals surface area (Å²) in [7, 11) is 1.36. The van der Waals surface area contributed by atoms with Gasteiger partial charge >= 0.3 is 5.97 Å². The Morgan fingerprint density at radius 2 is 1.78 bits per heavy atom. The van der Waals surface area contributed by atoms with E-state index in [1.54, 1.807) is 6.92 Å². The summed E-state index contributed by atoms with van der Waals surface area (Å²) in [6, 6.07) is 8.33. The summed E-state index contributed by atoms with van der Waals surface area (Å²) >= 11 is 0. The Bertz CT molecular complexity index is 925. The number of carbonyl (C=O) groups is 2. The molecule has 174 valence electrons. The molecule has 1 aliphatic rings. The molecule has 2 aromatic rings. The molecule has 32 heavy (non-hydrogen) atoms. The van der Waals surface area contributed by atoms with E-state index in [1.165, 1.54) is 12.7 Å². The topological polar surface area (TPSA) is 83.7 Å². The van der Waals surface area contributed by atoms with Gasteiger partial charge in [-0.3, -0.25) is 9.69 Å². The van der Waals surface area contributed by atoms with E-state index >= 15 is 0 Å². The molecule has 1 aliphatic heterocycles. The number of methoxy groups -OCH3 is 1. The number of esters is 1. The number of amides is 1. The first-order valence-electron chi connectivity index (χ1n) is 11.4. The van der Waals surface area contributed by atoms with Gasteiger partial charge in [-0.1, -0.05) is 37.6 Å². The highest BCUT2D eigenvalue weighted by Gasteiger charge is 2.25. The molecule has 0 radical (unpaired) electrons. The minimum absolute atomic E-state index is 0.216. The number of aromatic amines is 1. The van der Waals surface area contributed by atoms with Crippen molar-refractivity contribution in [3.05, 3.63) is 57.9 Å². The van der Waals surface area contributed by atoms with Gasteiger partial charge in [0, 0.05) is 31.9 Å². The fourth-order valence-electron chi connectivity index (χ4n) is 4.45. The van der Waals surface area contributed by atoms with Gasteiger partial charge in [-0.25, -0.2) is 4.79 Å². The lowest BCUT2D eigenvalue weighted by Gasteiger charge is -2.35. The first-order valence-corrected chi connectivity index (χ1v) is 11.4. The summed E-state index contributed by atoms with van der Waals surface area (Å²) in [6.45, 7) is 11.2. The lowest BCUT2D eigenvalue weighted by molar-refractivity contribution is -0.0704. The molecule has 7 nitrogen and oxygen atoms in total. The molecular formula is C25H35N3O4. The van der Waals surface area contributed by atoms with Gasteiger partial charge in [-0.2, -0.15) is 0 Å². The maximum atomic E-state index is 12.9. The van der Waals surface area contributed by atoms with Crippen LogP contribution in [0.3, 0.4) is 0 Å². The standard InChI is InChI=1S/C25H35N3O4/c1-6-7-21-22(25(30)31-5)18(4)27-23(21)24(29)26-12-19-8-10-20(11-9-19)15-28-13-16(2)32-17(3)14-28/h8-11,16-17,27H,6-7,12-15H2,1-5H3,(H,26,29). The fraction of sp³-hybridized carbons (Fsp3) is 0.520. The van der Waals surface area contributed by atoms with Crippen molar-refractivity contribution in [3.63, 3.8) is 0 Å². The average molecular weight is 442 g/mol. The second-order valence-corrected chi connectivity index (χ2v) is 8.67. The monoisotopic (exact) mass is 441 g/mol. The SMILES string of the molecule is CCCc1c(C(=O)NCc2ccc(CN3CC(C)OC(C)C3)cc2)[nH]c(C)c1C(=O)OC. The van der Waals surface area contributed by atoms with Crippen LogP contribution in [0.25, 0.3) is 0 Å². The average Bonchev–Trinajstić information content (AvgIpc) is 3.08. The molecule has 3 rings (SSSR count). The molecule has 2 N–H and O–H groups in total. The molecule has 0 saturated carbocycles. The third-order valence-electron chi connectivity index (χ3n) is 5.79. The number of nitrogens with one attached hydrogen (secondary N) is 2. The minimum Gasteiger partial charge on any atom is -0.465 e. The van der Waals surface area contributed by atoms with Gasteiger partial charge in [0.1, 0.15) is 5.69 Å². The van der Waals surface area contributed by atoms with Crippen molar-refractivity contribution < 1.29 is 19.1 Å². The molecule has 0 aliphatic carbocycles. The lowest BCUT2D eigenvalue weighted by Crippen LogP contribution is -2.44. The highest BCUT2D eigenvalue weighted by Crippen LogP contribution is 2.22. The van der Waals surface area contributed by atoms with Crippen LogP contribution >= 0.6 is 0 Å². The zero-order valence-corrected chi connectivity index (χ0v) is 19.8. The third kappa shape index (κ3) is 5.78. The van der Waals surface area contributed by atoms with Gasteiger partial charge in [0.2, 0.25) is 0 Å². The van der Waals surface area contributed by atoms with E-state index in [9.17, 15) is 9.59 Å². The molecule has 7 heteroatoms. The highest BCUT2D eigenvalue weighted by molar-refractivity contribution is 6.00. The maximum absolute atomic E-state index is 12.9. The summed E-state index contributed by atoms with van der Waals surface area (Å²) in [5.41, 5.74) is 4.56. The number of hydrogen-bond acceptors (Lipinski definition) is 5. The smallest absolute Gasteiger partial charge is 0.339 e. The number of aromatic nitrogens is 1. The van der Waals surface area contributed by atoms with Crippen LogP contribution in [-0.2, 0) is 29.0 Å². The molecule has 1 aromatic heterocycles. The molecule has 1 saturated heterocycles. The Balaban J connectivity index is 1.62. The number of hydrogen-bond donors (Lipinski definition) is 2. The van der Waals surface area contributed by atoms with Gasteiger partial charge in [-0.05, 0) is 43.9 Å². The van der Waals surface area contributed by atoms with Crippen LogP contribution in [0, 0.1) is 6.92 Å². The van der Waals surface area contributed by atoms with E-state index < -0.39 is 5.97 Å². The minimum atomic E-state index is -0.416. The summed E-state index contributed by atoms with van der Waals surface area (Å²) in [5.74, 6) is -0.632. The number of H-pyrrole nitrogens is 1. The van der Waals surface area contributed by atoms with E-state index in [0.29, 0.717) is 29.9 Å². The van der Waals surface area contributed by atoms with Crippen molar-refractivity contribution in [1.29, 1.82) is 0 Å². The predicted molar refractivity (Wildman–Crippen MR) is 124 cm³/mol. The molecule has 1 amide bonds. The lowest BCUT2D eigenvalue weighted by atomic mass is 10.0. The molecular weight excluding hydrogens is 406 g/mol. The number of aryl methyl sites for hydroxylation is 1. The number of ether oxygens (including phenoxy) is 2. The quantitative estimate of drug-likeness (QED) is 0.612. The van der Waals surface area contributed by atoms with Crippen LogP contribution in [0.5, 0.6) is 0 Å². The van der Waals surface area contributed by atoms with Gasteiger partial charge in [0.15, 0.2) is 0 Å². The molecule has 0 spiro atoms. The fourth-order valence-corrected chi connectivity index (χ4v) is 4.45. The van der Waals surface area contributed by atoms with Gasteiger partial charge in [0.05, 0.1) is 24.9 Å². The third-order valence-corrected chi connectivity index (χ3v) is 5.79. The molecule has 1 aromatic carbocycles. The van der Waals surface area contributed by atoms with Crippen molar-refractivity contribution in [1.82, 2.24) is 15.2 Å². The van der Waals surface area contributed by atoms with Crippen molar-refractivity contribution in [2.45, 2.75) is 65.8 Å². The van der Waals surface area contributed by atoms with Crippen LogP contribution < -0.4 is 5.32 Å². The zero-order valence-electron chi connectivity index (χ0n) is 19.8. The van der Waals surface area contributed by atoms with Crippen LogP contribution in [0.2, 0.25) is 0 Å². The molecule has 2 heterocycles. The van der Waals surface area contributed by atoms with Crippen molar-refractivity contribution in [2.24, 2.45) is 0 Å². The largest absolute Gasteiger partial charge is 0.465 e. The number of carbonyl (C=O) groups excluding carboxylic acids is 2. The Morgan fingerprint density at radius 1 is 1.16 bits per heavy atom.